The molecule has 3 rings (SSSR count). The average Bonchev–Trinajstić information content (AvgIpc) is 2.70. The molecule has 0 aliphatic rings. The van der Waals surface area contributed by atoms with Crippen LogP contribution in [0, 0.1) is 6.92 Å². The fourth-order valence-electron chi connectivity index (χ4n) is 3.02. The van der Waals surface area contributed by atoms with Crippen molar-refractivity contribution in [3.05, 3.63) is 77.9 Å². The highest BCUT2D eigenvalue weighted by atomic mass is 19.4. The number of carboxylic acid groups (broad SMARTS) is 1. The van der Waals surface area contributed by atoms with Crippen LogP contribution in [0.4, 0.5) is 18.9 Å². The topological polar surface area (TPSA) is 67.8 Å². The van der Waals surface area contributed by atoms with Gasteiger partial charge in [0.05, 0.1) is 0 Å². The number of hydrogen-bond acceptors (Lipinski definition) is 4. The molecule has 0 unspecified atom stereocenters. The molecule has 0 saturated heterocycles. The second-order valence-corrected chi connectivity index (χ2v) is 6.79. The number of halogens is 3. The smallest absolute Gasteiger partial charge is 0.482 e. The van der Waals surface area contributed by atoms with E-state index in [2.05, 4.69) is 10.1 Å². The predicted molar refractivity (Wildman–Crippen MR) is 110 cm³/mol. The van der Waals surface area contributed by atoms with Crippen LogP contribution in [0.15, 0.2) is 66.7 Å². The van der Waals surface area contributed by atoms with Gasteiger partial charge in [-0.05, 0) is 71.6 Å². The molecule has 0 saturated carbocycles. The molecule has 0 aliphatic carbocycles. The van der Waals surface area contributed by atoms with Crippen LogP contribution in [-0.4, -0.2) is 24.0 Å². The summed E-state index contributed by atoms with van der Waals surface area (Å²) in [6, 6.07) is 18.9. The van der Waals surface area contributed by atoms with Crippen LogP contribution in [0.1, 0.15) is 11.1 Å². The van der Waals surface area contributed by atoms with Crippen LogP contribution in [-0.2, 0) is 11.3 Å². The summed E-state index contributed by atoms with van der Waals surface area (Å²) >= 11 is 0. The van der Waals surface area contributed by atoms with Gasteiger partial charge in [0.25, 0.3) is 0 Å². The molecule has 0 spiro atoms. The number of hydrogen-bond donors (Lipinski definition) is 2. The van der Waals surface area contributed by atoms with Crippen molar-refractivity contribution in [2.24, 2.45) is 0 Å². The van der Waals surface area contributed by atoms with Gasteiger partial charge in [0, 0.05) is 12.2 Å². The Morgan fingerprint density at radius 3 is 2.35 bits per heavy atom. The molecule has 0 bridgehead atoms. The molecule has 0 aliphatic heterocycles. The molecule has 5 nitrogen and oxygen atoms in total. The Labute approximate surface area is 177 Å². The van der Waals surface area contributed by atoms with Gasteiger partial charge in [-0.1, -0.05) is 24.3 Å². The molecular formula is C23H20F3NO4. The van der Waals surface area contributed by atoms with Gasteiger partial charge in [0.2, 0.25) is 0 Å². The maximum atomic E-state index is 12.4. The van der Waals surface area contributed by atoms with Crippen LogP contribution in [0.5, 0.6) is 11.5 Å². The van der Waals surface area contributed by atoms with Crippen LogP contribution in [0.25, 0.3) is 11.1 Å². The maximum absolute atomic E-state index is 12.4. The van der Waals surface area contributed by atoms with Crippen molar-refractivity contribution in [1.29, 1.82) is 0 Å². The highest BCUT2D eigenvalue weighted by molar-refractivity contribution is 5.69. The molecule has 3 aromatic rings. The molecule has 0 radical (unpaired) electrons. The third kappa shape index (κ3) is 6.67. The molecule has 8 heteroatoms. The highest BCUT2D eigenvalue weighted by Gasteiger charge is 2.31. The van der Waals surface area contributed by atoms with E-state index in [1.165, 1.54) is 12.1 Å². The summed E-state index contributed by atoms with van der Waals surface area (Å²) in [5.41, 5.74) is 4.18. The number of rotatable bonds is 8. The first-order chi connectivity index (χ1) is 14.7. The largest absolute Gasteiger partial charge is 0.573 e. The SMILES string of the molecule is Cc1cc(OC(F)(F)F)ccc1-c1cccc(CNc2ccc(OCC(=O)O)cc2)c1. The molecule has 0 amide bonds. The van der Waals surface area contributed by atoms with Crippen molar-refractivity contribution >= 4 is 11.7 Å². The first-order valence-electron chi connectivity index (χ1n) is 9.34. The lowest BCUT2D eigenvalue weighted by molar-refractivity contribution is -0.274. The number of ether oxygens (including phenoxy) is 2. The minimum Gasteiger partial charge on any atom is -0.482 e. The summed E-state index contributed by atoms with van der Waals surface area (Å²) in [5, 5.41) is 11.9. The van der Waals surface area contributed by atoms with Gasteiger partial charge >= 0.3 is 12.3 Å². The lowest BCUT2D eigenvalue weighted by Gasteiger charge is -2.13. The Hall–Kier alpha value is -3.68. The number of aryl methyl sites for hydroxylation is 1. The molecule has 0 heterocycles. The standard InChI is InChI=1S/C23H20F3NO4/c1-15-11-20(31-23(24,25)26)9-10-21(15)17-4-2-3-16(12-17)13-27-18-5-7-19(8-6-18)30-14-22(28)29/h2-12,27H,13-14H2,1H3,(H,28,29). The van der Waals surface area contributed by atoms with Gasteiger partial charge in [-0.2, -0.15) is 0 Å². The van der Waals surface area contributed by atoms with E-state index in [0.29, 0.717) is 17.9 Å². The molecule has 0 fully saturated rings. The first kappa shape index (κ1) is 22.0. The normalized spacial score (nSPS) is 11.1. The number of carbonyl (C=O) groups is 1. The van der Waals surface area contributed by atoms with E-state index < -0.39 is 18.9 Å². The van der Waals surface area contributed by atoms with Crippen molar-refractivity contribution in [3.8, 4) is 22.6 Å². The zero-order valence-electron chi connectivity index (χ0n) is 16.6. The Morgan fingerprint density at radius 1 is 1.00 bits per heavy atom. The predicted octanol–water partition coefficient (Wildman–Crippen LogP) is 5.64. The summed E-state index contributed by atoms with van der Waals surface area (Å²) in [6.07, 6.45) is -4.72. The summed E-state index contributed by atoms with van der Waals surface area (Å²) in [7, 11) is 0. The zero-order chi connectivity index (χ0) is 22.4. The summed E-state index contributed by atoms with van der Waals surface area (Å²) < 4.78 is 46.3. The van der Waals surface area contributed by atoms with Crippen LogP contribution in [0.2, 0.25) is 0 Å². The molecule has 31 heavy (non-hydrogen) atoms. The fourth-order valence-corrected chi connectivity index (χ4v) is 3.02. The van der Waals surface area contributed by atoms with Crippen molar-refractivity contribution in [2.75, 3.05) is 11.9 Å². The Kier molecular flexibility index (Phi) is 6.69. The van der Waals surface area contributed by atoms with E-state index in [1.807, 2.05) is 24.3 Å². The van der Waals surface area contributed by atoms with E-state index in [4.69, 9.17) is 9.84 Å². The van der Waals surface area contributed by atoms with Gasteiger partial charge in [-0.15, -0.1) is 13.2 Å². The van der Waals surface area contributed by atoms with Crippen LogP contribution < -0.4 is 14.8 Å². The lowest BCUT2D eigenvalue weighted by Crippen LogP contribution is -2.17. The van der Waals surface area contributed by atoms with Crippen LogP contribution in [0.3, 0.4) is 0 Å². The fraction of sp³-hybridized carbons (Fsp3) is 0.174. The molecule has 2 N–H and O–H groups in total. The van der Waals surface area contributed by atoms with E-state index >= 15 is 0 Å². The van der Waals surface area contributed by atoms with Gasteiger partial charge in [0.15, 0.2) is 6.61 Å². The number of nitrogens with one attached hydrogen (secondary N) is 1. The Bertz CT molecular complexity index is 1050. The van der Waals surface area contributed by atoms with Gasteiger partial charge in [-0.3, -0.25) is 0 Å². The average molecular weight is 431 g/mol. The minimum atomic E-state index is -4.72. The van der Waals surface area contributed by atoms with Crippen molar-refractivity contribution in [3.63, 3.8) is 0 Å². The lowest BCUT2D eigenvalue weighted by atomic mass is 9.98. The van der Waals surface area contributed by atoms with E-state index in [0.717, 1.165) is 22.4 Å². The monoisotopic (exact) mass is 431 g/mol. The van der Waals surface area contributed by atoms with E-state index in [-0.39, 0.29) is 5.75 Å². The Morgan fingerprint density at radius 2 is 1.71 bits per heavy atom. The van der Waals surface area contributed by atoms with Crippen molar-refractivity contribution < 1.29 is 32.5 Å². The molecule has 0 atom stereocenters. The first-order valence-corrected chi connectivity index (χ1v) is 9.34. The quantitative estimate of drug-likeness (QED) is 0.483. The molecule has 3 aromatic carbocycles. The van der Waals surface area contributed by atoms with E-state index in [1.54, 1.807) is 37.3 Å². The van der Waals surface area contributed by atoms with Gasteiger partial charge in [0.1, 0.15) is 11.5 Å². The second-order valence-electron chi connectivity index (χ2n) is 6.79. The molecule has 162 valence electrons. The van der Waals surface area contributed by atoms with Crippen LogP contribution >= 0.6 is 0 Å². The van der Waals surface area contributed by atoms with E-state index in [9.17, 15) is 18.0 Å². The number of aliphatic carboxylic acids is 1. The summed E-state index contributed by atoms with van der Waals surface area (Å²) in [4.78, 5) is 10.5. The zero-order valence-corrected chi connectivity index (χ0v) is 16.6. The summed E-state index contributed by atoms with van der Waals surface area (Å²) in [6.45, 7) is 1.86. The molecular weight excluding hydrogens is 411 g/mol. The van der Waals surface area contributed by atoms with Gasteiger partial charge in [-0.25, -0.2) is 4.79 Å². The van der Waals surface area contributed by atoms with Gasteiger partial charge < -0.3 is 19.9 Å². The maximum Gasteiger partial charge on any atom is 0.573 e. The third-order valence-electron chi connectivity index (χ3n) is 4.38. The number of alkyl halides is 3. The number of carboxylic acids is 1. The number of benzene rings is 3. The third-order valence-corrected chi connectivity index (χ3v) is 4.38. The second kappa shape index (κ2) is 9.42. The number of anilines is 1. The summed E-state index contributed by atoms with van der Waals surface area (Å²) in [5.74, 6) is -0.828. The highest BCUT2D eigenvalue weighted by Crippen LogP contribution is 2.30. The van der Waals surface area contributed by atoms with Crippen molar-refractivity contribution in [2.45, 2.75) is 19.8 Å². The Balaban J connectivity index is 1.66. The van der Waals surface area contributed by atoms with Crippen molar-refractivity contribution in [1.82, 2.24) is 0 Å². The molecule has 0 aromatic heterocycles. The minimum absolute atomic E-state index is 0.248.